The van der Waals surface area contributed by atoms with E-state index in [0.717, 1.165) is 73.3 Å². The summed E-state index contributed by atoms with van der Waals surface area (Å²) in [4.78, 5) is 20.2. The van der Waals surface area contributed by atoms with E-state index < -0.39 is 10.2 Å². The van der Waals surface area contributed by atoms with E-state index in [4.69, 9.17) is 21.7 Å². The van der Waals surface area contributed by atoms with Crippen LogP contribution in [-0.4, -0.2) is 67.8 Å². The van der Waals surface area contributed by atoms with E-state index >= 15 is 0 Å². The molecule has 3 N–H and O–H groups in total. The number of hydrogen-bond donors (Lipinski definition) is 2. The van der Waals surface area contributed by atoms with Gasteiger partial charge in [0, 0.05) is 53.7 Å². The Hall–Kier alpha value is -1.56. The lowest BCUT2D eigenvalue weighted by Gasteiger charge is -2.34. The van der Waals surface area contributed by atoms with Crippen LogP contribution >= 0.6 is 27.5 Å². The molecule has 8 nitrogen and oxygen atoms in total. The maximum atomic E-state index is 12.9. The molecule has 0 bridgehead atoms. The fraction of sp³-hybridized carbons (Fsp3) is 0.556. The van der Waals surface area contributed by atoms with Crippen LogP contribution in [0.3, 0.4) is 0 Å². The number of hydrogen-bond acceptors (Lipinski definition) is 5. The molecule has 3 aliphatic rings. The molecule has 3 heterocycles. The lowest BCUT2D eigenvalue weighted by atomic mass is 9.89. The van der Waals surface area contributed by atoms with E-state index in [0.29, 0.717) is 19.6 Å². The van der Waals surface area contributed by atoms with Gasteiger partial charge in [-0.05, 0) is 108 Å². The topological polar surface area (TPSA) is 109 Å². The number of piperidine rings is 2. The van der Waals surface area contributed by atoms with E-state index in [1.54, 1.807) is 0 Å². The highest BCUT2D eigenvalue weighted by atomic mass is 79.9. The molecule has 2 saturated heterocycles. The van der Waals surface area contributed by atoms with Crippen molar-refractivity contribution in [2.45, 2.75) is 44.4 Å². The molecule has 1 aliphatic carbocycles. The summed E-state index contributed by atoms with van der Waals surface area (Å²) >= 11 is 9.94. The van der Waals surface area contributed by atoms with E-state index in [-0.39, 0.29) is 23.7 Å². The second kappa shape index (κ2) is 11.9. The van der Waals surface area contributed by atoms with Crippen LogP contribution in [0.25, 0.3) is 0 Å². The van der Waals surface area contributed by atoms with Crippen molar-refractivity contribution < 1.29 is 13.2 Å². The van der Waals surface area contributed by atoms with E-state index in [1.807, 2.05) is 12.3 Å². The number of nitrogens with one attached hydrogen (secondary N) is 1. The number of likely N-dealkylation sites (tertiary alicyclic amines) is 1. The molecule has 2 fully saturated rings. The summed E-state index contributed by atoms with van der Waals surface area (Å²) in [6, 6.07) is 8.43. The Kier molecular flexibility index (Phi) is 8.76. The molecule has 38 heavy (non-hydrogen) atoms. The number of carbonyl (C=O) groups is 1. The van der Waals surface area contributed by atoms with Gasteiger partial charge in [0.15, 0.2) is 0 Å². The molecular weight excluding hydrogens is 590 g/mol. The monoisotopic (exact) mass is 623 g/mol. The lowest BCUT2D eigenvalue weighted by Crippen LogP contribution is -2.46. The fourth-order valence-electron chi connectivity index (χ4n) is 6.13. The predicted octanol–water partition coefficient (Wildman–Crippen LogP) is 3.47. The minimum absolute atomic E-state index is 0.0114. The highest BCUT2D eigenvalue weighted by Crippen LogP contribution is 2.36. The molecule has 1 amide bonds. The summed E-state index contributed by atoms with van der Waals surface area (Å²) in [6.45, 7) is 4.04. The first-order chi connectivity index (χ1) is 18.2. The number of benzene rings is 1. The van der Waals surface area contributed by atoms with Crippen LogP contribution in [0.1, 0.15) is 54.0 Å². The normalized spacial score (nSPS) is 21.9. The third kappa shape index (κ3) is 6.59. The first-order valence-corrected chi connectivity index (χ1v) is 16.1. The fourth-order valence-corrected chi connectivity index (χ4v) is 7.42. The first kappa shape index (κ1) is 28.0. The van der Waals surface area contributed by atoms with E-state index in [9.17, 15) is 13.2 Å². The maximum absolute atomic E-state index is 12.9. The average molecular weight is 625 g/mol. The number of carbonyl (C=O) groups excluding carboxylic acids is 1. The van der Waals surface area contributed by atoms with Crippen LogP contribution in [0, 0.1) is 11.8 Å². The largest absolute Gasteiger partial charge is 0.356 e. The van der Waals surface area contributed by atoms with Gasteiger partial charge in [0.2, 0.25) is 5.91 Å². The van der Waals surface area contributed by atoms with Crippen molar-refractivity contribution in [3.63, 3.8) is 0 Å². The summed E-state index contributed by atoms with van der Waals surface area (Å²) in [5.41, 5.74) is 5.01. The molecule has 1 aromatic carbocycles. The van der Waals surface area contributed by atoms with Gasteiger partial charge in [0.05, 0.1) is 5.69 Å². The standard InChI is InChI=1S/C27H35BrClN5O3S/c28-22-13-21-2-1-20-14-23(29)3-4-24(20)25(26(21)31-16-22)17-33-9-7-19(8-10-33)27(35)32-15-18-5-11-34(12-6-18)38(30,36)37/h3-4,13-14,16,18-19,25H,1-2,5-12,15,17H2,(H,32,35)(H2,30,36,37). The van der Waals surface area contributed by atoms with Crippen molar-refractivity contribution >= 4 is 43.6 Å². The Balaban J connectivity index is 1.17. The minimum atomic E-state index is -3.62. The Labute approximate surface area is 238 Å². The summed E-state index contributed by atoms with van der Waals surface area (Å²) in [6.07, 6.45) is 6.87. The van der Waals surface area contributed by atoms with Crippen LogP contribution in [-0.2, 0) is 27.8 Å². The Morgan fingerprint density at radius 1 is 1.08 bits per heavy atom. The van der Waals surface area contributed by atoms with Gasteiger partial charge in [-0.3, -0.25) is 9.78 Å². The number of aryl methyl sites for hydroxylation is 2. The molecule has 1 atom stereocenters. The van der Waals surface area contributed by atoms with Gasteiger partial charge < -0.3 is 10.2 Å². The van der Waals surface area contributed by atoms with Gasteiger partial charge >= 0.3 is 0 Å². The summed E-state index contributed by atoms with van der Waals surface area (Å²) in [5.74, 6) is 0.581. The van der Waals surface area contributed by atoms with Crippen molar-refractivity contribution in [2.24, 2.45) is 17.0 Å². The van der Waals surface area contributed by atoms with Crippen LogP contribution in [0.15, 0.2) is 34.9 Å². The smallest absolute Gasteiger partial charge is 0.276 e. The van der Waals surface area contributed by atoms with Crippen molar-refractivity contribution in [2.75, 3.05) is 39.3 Å². The molecule has 0 radical (unpaired) electrons. The zero-order valence-electron chi connectivity index (χ0n) is 21.4. The highest BCUT2D eigenvalue weighted by Gasteiger charge is 2.31. The highest BCUT2D eigenvalue weighted by molar-refractivity contribution is 9.10. The maximum Gasteiger partial charge on any atom is 0.276 e. The number of fused-ring (bicyclic) bond motifs is 2. The van der Waals surface area contributed by atoms with E-state index in [1.165, 1.54) is 21.0 Å². The zero-order valence-corrected chi connectivity index (χ0v) is 24.6. The van der Waals surface area contributed by atoms with Crippen molar-refractivity contribution in [1.29, 1.82) is 0 Å². The van der Waals surface area contributed by atoms with Gasteiger partial charge in [-0.2, -0.15) is 12.7 Å². The van der Waals surface area contributed by atoms with Gasteiger partial charge in [-0.15, -0.1) is 0 Å². The Morgan fingerprint density at radius 3 is 2.50 bits per heavy atom. The predicted molar refractivity (Wildman–Crippen MR) is 152 cm³/mol. The molecule has 2 aliphatic heterocycles. The third-order valence-corrected chi connectivity index (χ3v) is 10.1. The molecule has 1 aromatic heterocycles. The zero-order chi connectivity index (χ0) is 26.9. The molecule has 206 valence electrons. The molecule has 0 spiro atoms. The number of halogens is 2. The van der Waals surface area contributed by atoms with Crippen LogP contribution in [0.4, 0.5) is 0 Å². The van der Waals surface area contributed by atoms with Crippen LogP contribution < -0.4 is 10.5 Å². The first-order valence-electron chi connectivity index (χ1n) is 13.4. The molecule has 0 saturated carbocycles. The summed E-state index contributed by atoms with van der Waals surface area (Å²) < 4.78 is 25.3. The third-order valence-electron chi connectivity index (χ3n) is 8.34. The van der Waals surface area contributed by atoms with E-state index in [2.05, 4.69) is 44.3 Å². The molecule has 5 rings (SSSR count). The lowest BCUT2D eigenvalue weighted by molar-refractivity contribution is -0.126. The SMILES string of the molecule is NS(=O)(=O)N1CCC(CNC(=O)C2CCN(CC3c4ccc(Cl)cc4CCc4cc(Br)cnc43)CC2)CC1. The second-order valence-electron chi connectivity index (χ2n) is 10.8. The number of pyridine rings is 1. The van der Waals surface area contributed by atoms with Crippen molar-refractivity contribution in [3.8, 4) is 0 Å². The molecule has 2 aromatic rings. The van der Waals surface area contributed by atoms with Gasteiger partial charge in [-0.25, -0.2) is 5.14 Å². The molecular formula is C27H35BrClN5O3S. The van der Waals surface area contributed by atoms with Crippen LogP contribution in [0.5, 0.6) is 0 Å². The van der Waals surface area contributed by atoms with Crippen molar-refractivity contribution in [1.82, 2.24) is 19.5 Å². The number of rotatable bonds is 6. The number of amides is 1. The number of aromatic nitrogens is 1. The average Bonchev–Trinajstić information content (AvgIpc) is 3.03. The Bertz CT molecular complexity index is 1220. The summed E-state index contributed by atoms with van der Waals surface area (Å²) in [5, 5.41) is 9.13. The summed E-state index contributed by atoms with van der Waals surface area (Å²) in [7, 11) is -3.62. The number of nitrogens with zero attached hydrogens (tertiary/aromatic N) is 3. The second-order valence-corrected chi connectivity index (χ2v) is 13.7. The molecule has 11 heteroatoms. The van der Waals surface area contributed by atoms with Crippen molar-refractivity contribution in [3.05, 3.63) is 62.3 Å². The van der Waals surface area contributed by atoms with Crippen LogP contribution in [0.2, 0.25) is 5.02 Å². The number of nitrogens with two attached hydrogens (primary N) is 1. The van der Waals surface area contributed by atoms with Gasteiger partial charge in [0.25, 0.3) is 10.2 Å². The van der Waals surface area contributed by atoms with Gasteiger partial charge in [0.1, 0.15) is 0 Å². The Morgan fingerprint density at radius 2 is 1.79 bits per heavy atom. The van der Waals surface area contributed by atoms with Gasteiger partial charge in [-0.1, -0.05) is 17.7 Å². The quantitative estimate of drug-likeness (QED) is 0.512. The molecule has 1 unspecified atom stereocenters. The minimum Gasteiger partial charge on any atom is -0.356 e.